The zero-order valence-corrected chi connectivity index (χ0v) is 23.5. The Kier molecular flexibility index (Phi) is 6.42. The molecule has 4 atom stereocenters. The lowest BCUT2D eigenvalue weighted by Crippen LogP contribution is -2.56. The summed E-state index contributed by atoms with van der Waals surface area (Å²) in [5.41, 5.74) is -0.121. The molecule has 0 aromatic heterocycles. The predicted octanol–water partition coefficient (Wildman–Crippen LogP) is 5.92. The van der Waals surface area contributed by atoms with Crippen LogP contribution in [0.4, 0.5) is 14.9 Å². The van der Waals surface area contributed by atoms with Crippen molar-refractivity contribution in [2.45, 2.75) is 56.1 Å². The maximum atomic E-state index is 14.8. The van der Waals surface area contributed by atoms with Gasteiger partial charge in [0.15, 0.2) is 0 Å². The third-order valence-electron chi connectivity index (χ3n) is 9.45. The van der Waals surface area contributed by atoms with Crippen molar-refractivity contribution < 1.29 is 23.6 Å². The van der Waals surface area contributed by atoms with E-state index in [1.165, 1.54) is 40.1 Å². The molecule has 214 valence electrons. The highest BCUT2D eigenvalue weighted by molar-refractivity contribution is 6.32. The van der Waals surface area contributed by atoms with E-state index in [0.29, 0.717) is 10.6 Å². The van der Waals surface area contributed by atoms with Gasteiger partial charge in [-0.15, -0.1) is 0 Å². The topological polar surface area (TPSA) is 78.0 Å². The number of likely N-dealkylation sites (tertiary alicyclic amines) is 1. The monoisotopic (exact) mass is 585 g/mol. The van der Waals surface area contributed by atoms with E-state index in [2.05, 4.69) is 0 Å². The Morgan fingerprint density at radius 2 is 1.55 bits per heavy atom. The molecule has 4 fully saturated rings. The number of carbonyl (C=O) groups is 4. The predicted molar refractivity (Wildman–Crippen MR) is 154 cm³/mol. The van der Waals surface area contributed by atoms with Gasteiger partial charge in [-0.1, -0.05) is 79.4 Å². The second kappa shape index (κ2) is 10.1. The van der Waals surface area contributed by atoms with Gasteiger partial charge in [-0.2, -0.15) is 0 Å². The average Bonchev–Trinajstić information content (AvgIpc) is 3.52. The number of imide groups is 2. The van der Waals surface area contributed by atoms with E-state index in [0.717, 1.165) is 42.6 Å². The van der Waals surface area contributed by atoms with Crippen LogP contribution in [0.5, 0.6) is 0 Å². The van der Waals surface area contributed by atoms with Crippen LogP contribution in [0.25, 0.3) is 0 Å². The second-order valence-electron chi connectivity index (χ2n) is 11.7. The van der Waals surface area contributed by atoms with Crippen LogP contribution in [-0.4, -0.2) is 45.1 Å². The molecule has 42 heavy (non-hydrogen) atoms. The smallest absolute Gasteiger partial charge is 0.300 e. The molecule has 7 nitrogen and oxygen atoms in total. The minimum absolute atomic E-state index is 0.0475. The van der Waals surface area contributed by atoms with Crippen molar-refractivity contribution in [1.82, 2.24) is 9.80 Å². The van der Waals surface area contributed by atoms with E-state index >= 15 is 0 Å². The fourth-order valence-electron chi connectivity index (χ4n) is 7.74. The maximum Gasteiger partial charge on any atom is 0.332 e. The molecule has 5 amide bonds. The molecule has 0 unspecified atom stereocenters. The van der Waals surface area contributed by atoms with Gasteiger partial charge >= 0.3 is 6.03 Å². The quantitative estimate of drug-likeness (QED) is 0.275. The van der Waals surface area contributed by atoms with Crippen LogP contribution in [0.1, 0.15) is 49.3 Å². The van der Waals surface area contributed by atoms with Crippen LogP contribution >= 0.6 is 11.6 Å². The molecule has 3 aromatic carbocycles. The van der Waals surface area contributed by atoms with Crippen LogP contribution < -0.4 is 4.90 Å². The van der Waals surface area contributed by atoms with Crippen molar-refractivity contribution in [2.75, 3.05) is 4.90 Å². The van der Waals surface area contributed by atoms with E-state index in [4.69, 9.17) is 11.6 Å². The number of carbonyl (C=O) groups excluding carboxylic acids is 4. The number of anilines is 1. The number of rotatable bonds is 5. The molecular formula is C33H29ClFN3O4. The minimum Gasteiger partial charge on any atom is -0.300 e. The number of benzene rings is 3. The number of urea groups is 1. The normalized spacial score (nSPS) is 27.7. The van der Waals surface area contributed by atoms with Gasteiger partial charge in [-0.25, -0.2) is 14.1 Å². The van der Waals surface area contributed by atoms with Gasteiger partial charge in [0, 0.05) is 17.5 Å². The molecule has 4 aliphatic rings. The third-order valence-corrected chi connectivity index (χ3v) is 9.69. The fourth-order valence-corrected chi connectivity index (χ4v) is 7.93. The fraction of sp³-hybridized carbons (Fsp3) is 0.333. The highest BCUT2D eigenvalue weighted by Crippen LogP contribution is 2.60. The Bertz CT molecular complexity index is 1590. The van der Waals surface area contributed by atoms with Gasteiger partial charge < -0.3 is 4.90 Å². The van der Waals surface area contributed by atoms with Crippen LogP contribution in [0, 0.1) is 17.7 Å². The van der Waals surface area contributed by atoms with Crippen LogP contribution in [0.2, 0.25) is 5.02 Å². The van der Waals surface area contributed by atoms with E-state index in [-0.39, 0.29) is 24.1 Å². The summed E-state index contributed by atoms with van der Waals surface area (Å²) in [6.45, 7) is 0. The lowest BCUT2D eigenvalue weighted by molar-refractivity contribution is -0.147. The summed E-state index contributed by atoms with van der Waals surface area (Å²) in [6, 6.07) is 19.5. The molecule has 3 heterocycles. The summed E-state index contributed by atoms with van der Waals surface area (Å²) in [5, 5.41) is 0.348. The molecule has 0 N–H and O–H groups in total. The van der Waals surface area contributed by atoms with E-state index < -0.39 is 47.1 Å². The summed E-state index contributed by atoms with van der Waals surface area (Å²) in [6.07, 6.45) is 4.36. The van der Waals surface area contributed by atoms with Crippen molar-refractivity contribution in [3.63, 3.8) is 0 Å². The molecule has 3 saturated heterocycles. The number of fused-ring (bicyclic) bond motifs is 3. The molecule has 1 aliphatic carbocycles. The summed E-state index contributed by atoms with van der Waals surface area (Å²) >= 11 is 6.28. The van der Waals surface area contributed by atoms with Crippen LogP contribution in [0.3, 0.4) is 0 Å². The van der Waals surface area contributed by atoms with Crippen molar-refractivity contribution in [3.8, 4) is 0 Å². The Morgan fingerprint density at radius 1 is 0.833 bits per heavy atom. The van der Waals surface area contributed by atoms with Crippen molar-refractivity contribution in [2.24, 2.45) is 11.8 Å². The zero-order valence-electron chi connectivity index (χ0n) is 22.8. The number of halogens is 2. The van der Waals surface area contributed by atoms with Gasteiger partial charge in [0.25, 0.3) is 5.91 Å². The Morgan fingerprint density at radius 3 is 2.24 bits per heavy atom. The first-order valence-corrected chi connectivity index (χ1v) is 14.8. The number of nitrogens with zero attached hydrogens (tertiary/aromatic N) is 3. The molecule has 3 aromatic rings. The number of hydrogen-bond donors (Lipinski definition) is 0. The Labute approximate surface area is 247 Å². The van der Waals surface area contributed by atoms with E-state index in [1.54, 1.807) is 18.2 Å². The average molecular weight is 586 g/mol. The SMILES string of the molecule is O=C1[C@H]2[C@@H](c3ccc(F)cc3)N3C(=O)N(c4cccc(Cl)c4)C(=O)[C@@]3(Cc3ccccc3)[C@H]2C(=O)N1C1CCCCC1. The van der Waals surface area contributed by atoms with Gasteiger partial charge in [-0.05, 0) is 54.3 Å². The first-order valence-electron chi connectivity index (χ1n) is 14.4. The number of amides is 5. The van der Waals surface area contributed by atoms with Crippen molar-refractivity contribution in [1.29, 1.82) is 0 Å². The Hall–Kier alpha value is -4.04. The molecule has 7 rings (SSSR count). The van der Waals surface area contributed by atoms with Crippen molar-refractivity contribution in [3.05, 3.63) is 101 Å². The maximum absolute atomic E-state index is 14.8. The van der Waals surface area contributed by atoms with Crippen molar-refractivity contribution >= 4 is 41.0 Å². The largest absolute Gasteiger partial charge is 0.332 e. The summed E-state index contributed by atoms with van der Waals surface area (Å²) in [7, 11) is 0. The van der Waals surface area contributed by atoms with Gasteiger partial charge in [-0.3, -0.25) is 19.3 Å². The summed E-state index contributed by atoms with van der Waals surface area (Å²) in [4.78, 5) is 62.1. The first kappa shape index (κ1) is 26.8. The van der Waals surface area contributed by atoms with Gasteiger partial charge in [0.1, 0.15) is 11.4 Å². The first-order chi connectivity index (χ1) is 20.3. The summed E-state index contributed by atoms with van der Waals surface area (Å²) in [5.74, 6) is -3.86. The lowest BCUT2D eigenvalue weighted by Gasteiger charge is -2.37. The van der Waals surface area contributed by atoms with E-state index in [9.17, 15) is 23.6 Å². The van der Waals surface area contributed by atoms with Crippen LogP contribution in [-0.2, 0) is 20.8 Å². The zero-order chi connectivity index (χ0) is 29.2. The molecule has 9 heteroatoms. The lowest BCUT2D eigenvalue weighted by atomic mass is 9.75. The van der Waals surface area contributed by atoms with Gasteiger partial charge in [0.2, 0.25) is 11.8 Å². The van der Waals surface area contributed by atoms with Gasteiger partial charge in [0.05, 0.1) is 23.6 Å². The minimum atomic E-state index is -1.67. The van der Waals surface area contributed by atoms with Crippen LogP contribution in [0.15, 0.2) is 78.9 Å². The number of hydrogen-bond acceptors (Lipinski definition) is 4. The molecule has 3 aliphatic heterocycles. The molecule has 0 bridgehead atoms. The second-order valence-corrected chi connectivity index (χ2v) is 12.1. The molecule has 1 saturated carbocycles. The standard InChI is InChI=1S/C33H29ClFN3O4/c34-22-10-7-13-25(18-22)37-31(41)33(19-20-8-3-1-4-9-20)27-26(29(39)36(30(27)40)24-11-5-2-6-12-24)28(38(33)32(37)42)21-14-16-23(35)17-15-21/h1,3-4,7-10,13-18,24,26-28H,2,5-6,11-12,19H2/t26-,27-,28-,33-/m1/s1. The third kappa shape index (κ3) is 3.84. The summed E-state index contributed by atoms with van der Waals surface area (Å²) < 4.78 is 14.1. The molecular weight excluding hydrogens is 557 g/mol. The molecule has 0 spiro atoms. The molecule has 0 radical (unpaired) electrons. The van der Waals surface area contributed by atoms with E-state index in [1.807, 2.05) is 30.3 Å². The Balaban J connectivity index is 1.45. The highest BCUT2D eigenvalue weighted by Gasteiger charge is 2.77. The highest BCUT2D eigenvalue weighted by atomic mass is 35.5.